The summed E-state index contributed by atoms with van der Waals surface area (Å²) in [7, 11) is 2.16. The molecule has 1 saturated heterocycles. The van der Waals surface area contributed by atoms with Gasteiger partial charge in [0.15, 0.2) is 0 Å². The maximum absolute atomic E-state index is 10.9. The van der Waals surface area contributed by atoms with Crippen molar-refractivity contribution < 1.29 is 9.90 Å². The van der Waals surface area contributed by atoms with Crippen LogP contribution in [-0.4, -0.2) is 41.1 Å². The molecule has 2 heterocycles. The normalized spacial score (nSPS) is 16.6. The van der Waals surface area contributed by atoms with Gasteiger partial charge >= 0.3 is 5.97 Å². The molecule has 0 spiro atoms. The number of likely N-dealkylation sites (tertiary alicyclic amines) is 1. The summed E-state index contributed by atoms with van der Waals surface area (Å²) in [6.07, 6.45) is 2.29. The molecular formula is C18H20N2O2. The van der Waals surface area contributed by atoms with E-state index in [9.17, 15) is 4.79 Å². The Hall–Kier alpha value is -2.20. The summed E-state index contributed by atoms with van der Waals surface area (Å²) in [6, 6.07) is 13.0. The molecule has 114 valence electrons. The second-order valence-corrected chi connectivity index (χ2v) is 5.91. The summed E-state index contributed by atoms with van der Waals surface area (Å²) < 4.78 is 0. The van der Waals surface area contributed by atoms with Crippen molar-refractivity contribution in [3.63, 3.8) is 0 Å². The van der Waals surface area contributed by atoms with Crippen LogP contribution in [0.1, 0.15) is 34.8 Å². The number of nitrogens with zero attached hydrogens (tertiary/aromatic N) is 2. The van der Waals surface area contributed by atoms with Gasteiger partial charge in [0.05, 0.1) is 11.3 Å². The summed E-state index contributed by atoms with van der Waals surface area (Å²) in [5, 5.41) is 8.96. The molecule has 0 atom stereocenters. The first-order valence-electron chi connectivity index (χ1n) is 7.63. The number of rotatable bonds is 3. The molecule has 0 radical (unpaired) electrons. The Kier molecular flexibility index (Phi) is 4.20. The van der Waals surface area contributed by atoms with Gasteiger partial charge in [0, 0.05) is 17.2 Å². The highest BCUT2D eigenvalue weighted by Gasteiger charge is 2.19. The molecule has 2 aromatic rings. The SMILES string of the molecule is CN1CCC(c2cccc(-c3ccc(C(=O)O)cc3)n2)CC1. The number of pyridine rings is 1. The van der Waals surface area contributed by atoms with Crippen LogP contribution in [0.4, 0.5) is 0 Å². The first kappa shape index (κ1) is 14.7. The molecule has 1 N–H and O–H groups in total. The number of hydrogen-bond acceptors (Lipinski definition) is 3. The van der Waals surface area contributed by atoms with Crippen molar-refractivity contribution in [2.24, 2.45) is 0 Å². The molecule has 0 unspecified atom stereocenters. The van der Waals surface area contributed by atoms with E-state index < -0.39 is 5.97 Å². The predicted octanol–water partition coefficient (Wildman–Crippen LogP) is 3.26. The Morgan fingerprint density at radius 2 is 1.82 bits per heavy atom. The number of carboxylic acids is 1. The highest BCUT2D eigenvalue weighted by molar-refractivity contribution is 5.88. The van der Waals surface area contributed by atoms with Crippen LogP contribution in [0.3, 0.4) is 0 Å². The molecule has 1 fully saturated rings. The fraction of sp³-hybridized carbons (Fsp3) is 0.333. The van der Waals surface area contributed by atoms with Crippen LogP contribution >= 0.6 is 0 Å². The molecule has 0 aliphatic carbocycles. The minimum atomic E-state index is -0.903. The summed E-state index contributed by atoms with van der Waals surface area (Å²) in [4.78, 5) is 18.1. The van der Waals surface area contributed by atoms with Gasteiger partial charge in [0.1, 0.15) is 0 Å². The lowest BCUT2D eigenvalue weighted by Gasteiger charge is -2.28. The zero-order valence-corrected chi connectivity index (χ0v) is 12.7. The van der Waals surface area contributed by atoms with Crippen molar-refractivity contribution in [2.45, 2.75) is 18.8 Å². The Morgan fingerprint density at radius 3 is 2.45 bits per heavy atom. The second kappa shape index (κ2) is 6.28. The van der Waals surface area contributed by atoms with Crippen molar-refractivity contribution in [1.29, 1.82) is 0 Å². The molecule has 22 heavy (non-hydrogen) atoms. The van der Waals surface area contributed by atoms with Gasteiger partial charge in [-0.2, -0.15) is 0 Å². The lowest BCUT2D eigenvalue weighted by Crippen LogP contribution is -2.29. The first-order valence-corrected chi connectivity index (χ1v) is 7.63. The van der Waals surface area contributed by atoms with E-state index in [-0.39, 0.29) is 0 Å². The van der Waals surface area contributed by atoms with Crippen LogP contribution < -0.4 is 0 Å². The molecule has 1 aromatic carbocycles. The lowest BCUT2D eigenvalue weighted by molar-refractivity contribution is 0.0697. The molecule has 1 aliphatic rings. The topological polar surface area (TPSA) is 53.4 Å². The third-order valence-corrected chi connectivity index (χ3v) is 4.34. The monoisotopic (exact) mass is 296 g/mol. The van der Waals surface area contributed by atoms with Crippen molar-refractivity contribution in [3.8, 4) is 11.3 Å². The smallest absolute Gasteiger partial charge is 0.335 e. The largest absolute Gasteiger partial charge is 0.478 e. The Bertz CT molecular complexity index is 659. The van der Waals surface area contributed by atoms with Crippen molar-refractivity contribution in [2.75, 3.05) is 20.1 Å². The van der Waals surface area contributed by atoms with Gasteiger partial charge in [-0.15, -0.1) is 0 Å². The van der Waals surface area contributed by atoms with E-state index in [0.29, 0.717) is 11.5 Å². The van der Waals surface area contributed by atoms with E-state index in [1.165, 1.54) is 0 Å². The molecular weight excluding hydrogens is 276 g/mol. The second-order valence-electron chi connectivity index (χ2n) is 5.91. The predicted molar refractivity (Wildman–Crippen MR) is 86.1 cm³/mol. The van der Waals surface area contributed by atoms with Crippen LogP contribution in [0.5, 0.6) is 0 Å². The van der Waals surface area contributed by atoms with Crippen LogP contribution in [-0.2, 0) is 0 Å². The Morgan fingerprint density at radius 1 is 1.14 bits per heavy atom. The summed E-state index contributed by atoms with van der Waals surface area (Å²) in [6.45, 7) is 2.23. The summed E-state index contributed by atoms with van der Waals surface area (Å²) in [5.41, 5.74) is 3.32. The van der Waals surface area contributed by atoms with E-state index >= 15 is 0 Å². The molecule has 0 saturated carbocycles. The number of carboxylic acid groups (broad SMARTS) is 1. The van der Waals surface area contributed by atoms with Crippen molar-refractivity contribution in [1.82, 2.24) is 9.88 Å². The molecule has 0 bridgehead atoms. The van der Waals surface area contributed by atoms with Gasteiger partial charge in [0.25, 0.3) is 0 Å². The number of benzene rings is 1. The number of hydrogen-bond donors (Lipinski definition) is 1. The number of aromatic carboxylic acids is 1. The average Bonchev–Trinajstić information content (AvgIpc) is 2.56. The molecule has 1 aliphatic heterocycles. The number of piperidine rings is 1. The minimum Gasteiger partial charge on any atom is -0.478 e. The molecule has 0 amide bonds. The van der Waals surface area contributed by atoms with E-state index in [1.54, 1.807) is 12.1 Å². The maximum atomic E-state index is 10.9. The zero-order valence-electron chi connectivity index (χ0n) is 12.7. The highest BCUT2D eigenvalue weighted by Crippen LogP contribution is 2.28. The van der Waals surface area contributed by atoms with Crippen molar-refractivity contribution in [3.05, 3.63) is 53.7 Å². The maximum Gasteiger partial charge on any atom is 0.335 e. The van der Waals surface area contributed by atoms with Gasteiger partial charge < -0.3 is 10.0 Å². The van der Waals surface area contributed by atoms with Gasteiger partial charge in [-0.1, -0.05) is 18.2 Å². The van der Waals surface area contributed by atoms with Gasteiger partial charge in [-0.25, -0.2) is 4.79 Å². The van der Waals surface area contributed by atoms with Gasteiger partial charge in [-0.3, -0.25) is 4.98 Å². The first-order chi connectivity index (χ1) is 10.6. The lowest BCUT2D eigenvalue weighted by atomic mass is 9.93. The van der Waals surface area contributed by atoms with E-state index in [0.717, 1.165) is 42.9 Å². The van der Waals surface area contributed by atoms with Crippen molar-refractivity contribution >= 4 is 5.97 Å². The van der Waals surface area contributed by atoms with E-state index in [4.69, 9.17) is 10.1 Å². The Balaban J connectivity index is 1.83. The van der Waals surface area contributed by atoms with Gasteiger partial charge in [-0.05, 0) is 57.2 Å². The fourth-order valence-electron chi connectivity index (χ4n) is 2.93. The number of aromatic nitrogens is 1. The molecule has 4 nitrogen and oxygen atoms in total. The third-order valence-electron chi connectivity index (χ3n) is 4.34. The quantitative estimate of drug-likeness (QED) is 0.944. The van der Waals surface area contributed by atoms with Crippen LogP contribution in [0, 0.1) is 0 Å². The fourth-order valence-corrected chi connectivity index (χ4v) is 2.93. The third kappa shape index (κ3) is 3.17. The van der Waals surface area contributed by atoms with Gasteiger partial charge in [0.2, 0.25) is 0 Å². The zero-order chi connectivity index (χ0) is 15.5. The number of carbonyl (C=O) groups is 1. The highest BCUT2D eigenvalue weighted by atomic mass is 16.4. The van der Waals surface area contributed by atoms with E-state index in [1.807, 2.05) is 24.3 Å². The summed E-state index contributed by atoms with van der Waals surface area (Å²) >= 11 is 0. The minimum absolute atomic E-state index is 0.301. The summed E-state index contributed by atoms with van der Waals surface area (Å²) in [5.74, 6) is -0.381. The Labute approximate surface area is 130 Å². The van der Waals surface area contributed by atoms with Crippen LogP contribution in [0.2, 0.25) is 0 Å². The molecule has 3 rings (SSSR count). The molecule has 1 aromatic heterocycles. The average molecular weight is 296 g/mol. The standard InChI is InChI=1S/C18H20N2O2/c1-20-11-9-14(10-12-20)17-4-2-3-16(19-17)13-5-7-15(8-6-13)18(21)22/h2-8,14H,9-12H2,1H3,(H,21,22). The van der Waals surface area contributed by atoms with Crippen LogP contribution in [0.15, 0.2) is 42.5 Å². The van der Waals surface area contributed by atoms with E-state index in [2.05, 4.69) is 18.0 Å². The molecule has 4 heteroatoms. The van der Waals surface area contributed by atoms with Crippen LogP contribution in [0.25, 0.3) is 11.3 Å².